The van der Waals surface area contributed by atoms with Crippen LogP contribution in [-0.2, 0) is 14.3 Å². The fraction of sp³-hybridized carbons (Fsp3) is 0.0800. The Balaban J connectivity index is 1.52. The van der Waals surface area contributed by atoms with Gasteiger partial charge in [-0.3, -0.25) is 9.59 Å². The van der Waals surface area contributed by atoms with Gasteiger partial charge in [-0.25, -0.2) is 4.79 Å². The van der Waals surface area contributed by atoms with Crippen LogP contribution in [0.4, 0.5) is 11.4 Å². The molecule has 0 saturated heterocycles. The maximum atomic E-state index is 12.5. The van der Waals surface area contributed by atoms with Crippen molar-refractivity contribution in [3.05, 3.63) is 89.5 Å². The molecule has 0 heterocycles. The van der Waals surface area contributed by atoms with Crippen molar-refractivity contribution in [3.63, 3.8) is 0 Å². The number of ether oxygens (including phenoxy) is 1. The second-order valence-corrected chi connectivity index (χ2v) is 7.85. The van der Waals surface area contributed by atoms with Crippen molar-refractivity contribution in [1.29, 1.82) is 10.5 Å². The van der Waals surface area contributed by atoms with Crippen molar-refractivity contribution >= 4 is 40.9 Å². The van der Waals surface area contributed by atoms with Crippen LogP contribution in [0.1, 0.15) is 21.5 Å². The van der Waals surface area contributed by atoms with E-state index in [-0.39, 0.29) is 17.2 Å². The standard InChI is InChI=1S/C25H18N4O4S/c26-13-17-5-9-19(10-6-17)28-23(30)15-33-25(32)21-3-1-2-4-22(21)34-16-24(31)29-20-11-7-18(14-27)8-12-20/h1-12H,15-16H2,(H,28,30)(H,29,31). The number of benzene rings is 3. The number of amides is 2. The van der Waals surface area contributed by atoms with E-state index < -0.39 is 18.5 Å². The molecule has 8 nitrogen and oxygen atoms in total. The van der Waals surface area contributed by atoms with Gasteiger partial charge in [-0.1, -0.05) is 12.1 Å². The van der Waals surface area contributed by atoms with Gasteiger partial charge in [0.25, 0.3) is 5.91 Å². The SMILES string of the molecule is N#Cc1ccc(NC(=O)COC(=O)c2ccccc2SCC(=O)Nc2ccc(C#N)cc2)cc1. The molecule has 2 amide bonds. The number of nitriles is 2. The Morgan fingerprint density at radius 3 is 1.85 bits per heavy atom. The predicted octanol–water partition coefficient (Wildman–Crippen LogP) is 3.96. The van der Waals surface area contributed by atoms with Crippen LogP contribution in [0.3, 0.4) is 0 Å². The zero-order valence-electron chi connectivity index (χ0n) is 17.8. The van der Waals surface area contributed by atoms with Crippen molar-refractivity contribution < 1.29 is 19.1 Å². The van der Waals surface area contributed by atoms with Crippen LogP contribution in [0.2, 0.25) is 0 Å². The molecule has 0 aromatic heterocycles. The van der Waals surface area contributed by atoms with Gasteiger partial charge in [-0.15, -0.1) is 11.8 Å². The number of nitrogens with zero attached hydrogens (tertiary/aromatic N) is 2. The predicted molar refractivity (Wildman–Crippen MR) is 127 cm³/mol. The van der Waals surface area contributed by atoms with E-state index in [9.17, 15) is 14.4 Å². The monoisotopic (exact) mass is 470 g/mol. The van der Waals surface area contributed by atoms with E-state index in [1.807, 2.05) is 12.1 Å². The minimum atomic E-state index is -0.689. The molecule has 0 radical (unpaired) electrons. The molecule has 0 unspecified atom stereocenters. The summed E-state index contributed by atoms with van der Waals surface area (Å²) in [4.78, 5) is 37.4. The molecule has 168 valence electrons. The van der Waals surface area contributed by atoms with Crippen LogP contribution < -0.4 is 10.6 Å². The summed E-state index contributed by atoms with van der Waals surface area (Å²) in [6, 6.07) is 23.4. The minimum Gasteiger partial charge on any atom is -0.452 e. The van der Waals surface area contributed by atoms with Crippen LogP contribution in [0.25, 0.3) is 0 Å². The molecule has 3 aromatic carbocycles. The molecule has 3 rings (SSSR count). The third kappa shape index (κ3) is 6.95. The van der Waals surface area contributed by atoms with Crippen LogP contribution >= 0.6 is 11.8 Å². The Morgan fingerprint density at radius 1 is 0.765 bits per heavy atom. The lowest BCUT2D eigenvalue weighted by Gasteiger charge is -2.10. The van der Waals surface area contributed by atoms with E-state index in [4.69, 9.17) is 15.3 Å². The van der Waals surface area contributed by atoms with E-state index in [0.29, 0.717) is 27.4 Å². The lowest BCUT2D eigenvalue weighted by atomic mass is 10.2. The first-order chi connectivity index (χ1) is 16.5. The largest absolute Gasteiger partial charge is 0.452 e. The number of hydrogen-bond donors (Lipinski definition) is 2. The van der Waals surface area contributed by atoms with Gasteiger partial charge in [0.1, 0.15) is 0 Å². The zero-order valence-corrected chi connectivity index (χ0v) is 18.6. The number of carbonyl (C=O) groups excluding carboxylic acids is 3. The van der Waals surface area contributed by atoms with Crippen molar-refractivity contribution in [2.75, 3.05) is 23.0 Å². The lowest BCUT2D eigenvalue weighted by molar-refractivity contribution is -0.119. The summed E-state index contributed by atoms with van der Waals surface area (Å²) in [5, 5.41) is 23.0. The molecule has 0 atom stereocenters. The van der Waals surface area contributed by atoms with Crippen LogP contribution in [0.5, 0.6) is 0 Å². The topological polar surface area (TPSA) is 132 Å². The summed E-state index contributed by atoms with van der Waals surface area (Å²) in [7, 11) is 0. The number of rotatable bonds is 8. The van der Waals surface area contributed by atoms with Gasteiger partial charge >= 0.3 is 5.97 Å². The highest BCUT2D eigenvalue weighted by Crippen LogP contribution is 2.24. The number of hydrogen-bond acceptors (Lipinski definition) is 7. The second kappa shape index (κ2) is 11.9. The van der Waals surface area contributed by atoms with Gasteiger partial charge in [-0.05, 0) is 60.7 Å². The number of esters is 1. The van der Waals surface area contributed by atoms with Gasteiger partial charge in [-0.2, -0.15) is 10.5 Å². The van der Waals surface area contributed by atoms with Crippen molar-refractivity contribution in [2.24, 2.45) is 0 Å². The molecule has 0 fully saturated rings. The number of thioether (sulfide) groups is 1. The third-order valence-electron chi connectivity index (χ3n) is 4.40. The average molecular weight is 471 g/mol. The van der Waals surface area contributed by atoms with Gasteiger partial charge in [0.15, 0.2) is 6.61 Å². The summed E-state index contributed by atoms with van der Waals surface area (Å²) in [6.07, 6.45) is 0. The molecule has 3 aromatic rings. The van der Waals surface area contributed by atoms with Crippen molar-refractivity contribution in [3.8, 4) is 12.1 Å². The minimum absolute atomic E-state index is 0.0451. The Kier molecular flexibility index (Phi) is 8.39. The first kappa shape index (κ1) is 24.1. The lowest BCUT2D eigenvalue weighted by Crippen LogP contribution is -2.21. The van der Waals surface area contributed by atoms with E-state index in [1.54, 1.807) is 72.8 Å². The first-order valence-electron chi connectivity index (χ1n) is 9.97. The summed E-state index contributed by atoms with van der Waals surface area (Å²) in [6.45, 7) is -0.489. The summed E-state index contributed by atoms with van der Waals surface area (Å²) >= 11 is 1.16. The molecule has 0 aliphatic carbocycles. The number of carbonyl (C=O) groups is 3. The third-order valence-corrected chi connectivity index (χ3v) is 5.47. The maximum absolute atomic E-state index is 12.5. The van der Waals surface area contributed by atoms with Gasteiger partial charge in [0.2, 0.25) is 5.91 Å². The normalized spacial score (nSPS) is 9.82. The maximum Gasteiger partial charge on any atom is 0.339 e. The Bertz CT molecular complexity index is 1280. The van der Waals surface area contributed by atoms with Crippen LogP contribution in [-0.4, -0.2) is 30.1 Å². The molecule has 0 aliphatic rings. The molecular formula is C25H18N4O4S. The number of nitrogens with one attached hydrogen (secondary N) is 2. The average Bonchev–Trinajstić information content (AvgIpc) is 2.87. The highest BCUT2D eigenvalue weighted by atomic mass is 32.2. The Morgan fingerprint density at radius 2 is 1.29 bits per heavy atom. The Labute approximate surface area is 200 Å². The van der Waals surface area contributed by atoms with E-state index in [1.165, 1.54) is 0 Å². The summed E-state index contributed by atoms with van der Waals surface area (Å²) < 4.78 is 5.13. The van der Waals surface area contributed by atoms with E-state index in [2.05, 4.69) is 10.6 Å². The van der Waals surface area contributed by atoms with Crippen LogP contribution in [0, 0.1) is 22.7 Å². The van der Waals surface area contributed by atoms with Gasteiger partial charge < -0.3 is 15.4 Å². The quantitative estimate of drug-likeness (QED) is 0.376. The molecule has 0 aliphatic heterocycles. The highest BCUT2D eigenvalue weighted by molar-refractivity contribution is 8.00. The zero-order chi connectivity index (χ0) is 24.3. The summed E-state index contributed by atoms with van der Waals surface area (Å²) in [5.74, 6) is -1.45. The molecule has 0 saturated carbocycles. The van der Waals surface area contributed by atoms with Crippen molar-refractivity contribution in [2.45, 2.75) is 4.90 Å². The fourth-order valence-electron chi connectivity index (χ4n) is 2.76. The van der Waals surface area contributed by atoms with Gasteiger partial charge in [0.05, 0.1) is 34.6 Å². The smallest absolute Gasteiger partial charge is 0.339 e. The molecular weight excluding hydrogens is 452 g/mol. The molecule has 0 bridgehead atoms. The Hall–Kier alpha value is -4.60. The van der Waals surface area contributed by atoms with Crippen LogP contribution in [0.15, 0.2) is 77.7 Å². The molecule has 2 N–H and O–H groups in total. The highest BCUT2D eigenvalue weighted by Gasteiger charge is 2.16. The number of anilines is 2. The molecule has 34 heavy (non-hydrogen) atoms. The summed E-state index contributed by atoms with van der Waals surface area (Å²) in [5.41, 5.74) is 2.23. The van der Waals surface area contributed by atoms with E-state index >= 15 is 0 Å². The molecule has 9 heteroatoms. The van der Waals surface area contributed by atoms with Crippen molar-refractivity contribution in [1.82, 2.24) is 0 Å². The van der Waals surface area contributed by atoms with Gasteiger partial charge in [0, 0.05) is 16.3 Å². The molecule has 0 spiro atoms. The first-order valence-corrected chi connectivity index (χ1v) is 11.0. The second-order valence-electron chi connectivity index (χ2n) is 6.84. The van der Waals surface area contributed by atoms with E-state index in [0.717, 1.165) is 11.8 Å². The fourth-order valence-corrected chi connectivity index (χ4v) is 3.60.